The van der Waals surface area contributed by atoms with Gasteiger partial charge in [-0.05, 0) is 61.4 Å². The van der Waals surface area contributed by atoms with Crippen LogP contribution in [0.3, 0.4) is 0 Å². The Labute approximate surface area is 202 Å². The first kappa shape index (κ1) is 23.9. The Balaban J connectivity index is 1.52. The van der Waals surface area contributed by atoms with Gasteiger partial charge in [0.25, 0.3) is 11.8 Å². The highest BCUT2D eigenvalue weighted by molar-refractivity contribution is 6.06. The zero-order chi connectivity index (χ0) is 24.9. The van der Waals surface area contributed by atoms with Crippen LogP contribution in [0.15, 0.2) is 66.7 Å². The fourth-order valence-corrected chi connectivity index (χ4v) is 3.88. The van der Waals surface area contributed by atoms with Gasteiger partial charge in [0.15, 0.2) is 6.10 Å². The number of fused-ring (bicyclic) bond motifs is 1. The smallest absolute Gasteiger partial charge is 0.308 e. The summed E-state index contributed by atoms with van der Waals surface area (Å²) in [5.74, 6) is -0.680. The summed E-state index contributed by atoms with van der Waals surface area (Å²) in [6.45, 7) is 3.70. The molecule has 0 spiro atoms. The van der Waals surface area contributed by atoms with Crippen LogP contribution >= 0.6 is 0 Å². The molecule has 2 amide bonds. The molecule has 3 aromatic rings. The minimum atomic E-state index is -0.666. The van der Waals surface area contributed by atoms with E-state index in [1.54, 1.807) is 66.4 Å². The molecule has 0 unspecified atom stereocenters. The monoisotopic (exact) mass is 476 g/mol. The summed E-state index contributed by atoms with van der Waals surface area (Å²) in [7, 11) is 0. The number of hydrogen-bond acceptors (Lipinski definition) is 5. The zero-order valence-corrected chi connectivity index (χ0v) is 19.4. The van der Waals surface area contributed by atoms with Gasteiger partial charge in [0.1, 0.15) is 17.3 Å². The molecule has 0 aliphatic carbocycles. The number of rotatable bonds is 6. The first-order valence-corrected chi connectivity index (χ1v) is 11.2. The number of hydrogen-bond donors (Lipinski definition) is 1. The van der Waals surface area contributed by atoms with Gasteiger partial charge in [-0.3, -0.25) is 14.4 Å². The maximum atomic E-state index is 13.2. The van der Waals surface area contributed by atoms with E-state index in [2.05, 4.69) is 5.32 Å². The van der Waals surface area contributed by atoms with Gasteiger partial charge in [-0.25, -0.2) is 4.39 Å². The summed E-state index contributed by atoms with van der Waals surface area (Å²) < 4.78 is 24.2. The van der Waals surface area contributed by atoms with Gasteiger partial charge in [-0.2, -0.15) is 0 Å². The van der Waals surface area contributed by atoms with Crippen LogP contribution in [0.5, 0.6) is 11.5 Å². The summed E-state index contributed by atoms with van der Waals surface area (Å²) >= 11 is 0. The standard InChI is InChI=1S/C27H25FN2O5/c1-17-27(33)30(14-13-19-7-9-21(28)10-8-19)16-20-15-22(11-12-24(20)34-17)29-26(32)23-5-3-4-6-25(23)35-18(2)31/h3-12,15,17H,13-14,16H2,1-2H3,(H,29,32)/t17-/m1/s1. The lowest BCUT2D eigenvalue weighted by atomic mass is 10.1. The highest BCUT2D eigenvalue weighted by atomic mass is 19.1. The number of para-hydroxylation sites is 1. The molecule has 0 aromatic heterocycles. The maximum Gasteiger partial charge on any atom is 0.308 e. The number of nitrogens with zero attached hydrogens (tertiary/aromatic N) is 1. The molecule has 1 aliphatic heterocycles. The van der Waals surface area contributed by atoms with E-state index in [1.165, 1.54) is 19.1 Å². The van der Waals surface area contributed by atoms with Crippen molar-refractivity contribution in [1.29, 1.82) is 0 Å². The van der Waals surface area contributed by atoms with Gasteiger partial charge in [-0.1, -0.05) is 24.3 Å². The third-order valence-electron chi connectivity index (χ3n) is 5.61. The van der Waals surface area contributed by atoms with Gasteiger partial charge < -0.3 is 19.7 Å². The second-order valence-electron chi connectivity index (χ2n) is 8.26. The van der Waals surface area contributed by atoms with Crippen LogP contribution in [0.4, 0.5) is 10.1 Å². The molecule has 0 saturated carbocycles. The molecule has 0 fully saturated rings. The second kappa shape index (κ2) is 10.4. The van der Waals surface area contributed by atoms with E-state index >= 15 is 0 Å². The summed E-state index contributed by atoms with van der Waals surface area (Å²) in [5.41, 5.74) is 2.40. The van der Waals surface area contributed by atoms with Gasteiger partial charge in [0.05, 0.1) is 5.56 Å². The van der Waals surface area contributed by atoms with Gasteiger partial charge in [0.2, 0.25) is 0 Å². The molecule has 0 bridgehead atoms. The first-order chi connectivity index (χ1) is 16.8. The fraction of sp³-hybridized carbons (Fsp3) is 0.222. The first-order valence-electron chi connectivity index (χ1n) is 11.2. The third-order valence-corrected chi connectivity index (χ3v) is 5.61. The average Bonchev–Trinajstić information content (AvgIpc) is 2.94. The minimum Gasteiger partial charge on any atom is -0.481 e. The number of amides is 2. The van der Waals surface area contributed by atoms with E-state index in [-0.39, 0.29) is 23.0 Å². The predicted octanol–water partition coefficient (Wildman–Crippen LogP) is 4.36. The summed E-state index contributed by atoms with van der Waals surface area (Å²) in [4.78, 5) is 38.8. The molecular weight excluding hydrogens is 451 g/mol. The van der Waals surface area contributed by atoms with E-state index < -0.39 is 18.0 Å². The van der Waals surface area contributed by atoms with Crippen LogP contribution in [0.25, 0.3) is 0 Å². The van der Waals surface area contributed by atoms with Gasteiger partial charge in [0, 0.05) is 31.3 Å². The van der Waals surface area contributed by atoms with Gasteiger partial charge in [-0.15, -0.1) is 0 Å². The lowest BCUT2D eigenvalue weighted by molar-refractivity contribution is -0.137. The number of carbonyl (C=O) groups excluding carboxylic acids is 3. The highest BCUT2D eigenvalue weighted by Gasteiger charge is 2.28. The third kappa shape index (κ3) is 5.84. The number of anilines is 1. The summed E-state index contributed by atoms with van der Waals surface area (Å²) in [6.07, 6.45) is -0.0993. The van der Waals surface area contributed by atoms with Crippen molar-refractivity contribution in [2.24, 2.45) is 0 Å². The van der Waals surface area contributed by atoms with Crippen LogP contribution in [-0.2, 0) is 22.6 Å². The Morgan fingerprint density at radius 2 is 1.86 bits per heavy atom. The van der Waals surface area contributed by atoms with E-state index in [9.17, 15) is 18.8 Å². The Bertz CT molecular complexity index is 1260. The molecule has 3 aromatic carbocycles. The number of nitrogens with one attached hydrogen (secondary N) is 1. The number of benzene rings is 3. The van der Waals surface area contributed by atoms with Crippen molar-refractivity contribution >= 4 is 23.5 Å². The van der Waals surface area contributed by atoms with E-state index in [0.717, 1.165) is 11.1 Å². The molecule has 1 N–H and O–H groups in total. The van der Waals surface area contributed by atoms with Crippen LogP contribution in [0.1, 0.15) is 35.3 Å². The quantitative estimate of drug-likeness (QED) is 0.422. The number of esters is 1. The zero-order valence-electron chi connectivity index (χ0n) is 19.4. The van der Waals surface area contributed by atoms with E-state index in [1.807, 2.05) is 0 Å². The van der Waals surface area contributed by atoms with Crippen molar-refractivity contribution in [2.45, 2.75) is 32.9 Å². The minimum absolute atomic E-state index is 0.149. The van der Waals surface area contributed by atoms with Crippen molar-refractivity contribution in [3.05, 3.63) is 89.2 Å². The molecule has 1 heterocycles. The van der Waals surface area contributed by atoms with Crippen molar-refractivity contribution in [3.8, 4) is 11.5 Å². The Kier molecular flexibility index (Phi) is 7.10. The van der Waals surface area contributed by atoms with Crippen LogP contribution < -0.4 is 14.8 Å². The average molecular weight is 477 g/mol. The van der Waals surface area contributed by atoms with Crippen LogP contribution in [0, 0.1) is 5.82 Å². The number of ether oxygens (including phenoxy) is 2. The molecule has 1 aliphatic rings. The maximum absolute atomic E-state index is 13.2. The number of carbonyl (C=O) groups is 3. The van der Waals surface area contributed by atoms with Gasteiger partial charge >= 0.3 is 5.97 Å². The predicted molar refractivity (Wildman–Crippen MR) is 128 cm³/mol. The Hall–Kier alpha value is -4.20. The van der Waals surface area contributed by atoms with Crippen LogP contribution in [-0.4, -0.2) is 35.3 Å². The highest BCUT2D eigenvalue weighted by Crippen LogP contribution is 2.29. The molecule has 4 rings (SSSR count). The van der Waals surface area contributed by atoms with Crippen molar-refractivity contribution < 1.29 is 28.2 Å². The SMILES string of the molecule is CC(=O)Oc1ccccc1C(=O)Nc1ccc2c(c1)CN(CCc1ccc(F)cc1)C(=O)[C@@H](C)O2. The summed E-state index contributed by atoms with van der Waals surface area (Å²) in [6, 6.07) is 17.8. The second-order valence-corrected chi connectivity index (χ2v) is 8.26. The summed E-state index contributed by atoms with van der Waals surface area (Å²) in [5, 5.41) is 2.82. The lowest BCUT2D eigenvalue weighted by Gasteiger charge is -2.22. The van der Waals surface area contributed by atoms with E-state index in [4.69, 9.17) is 9.47 Å². The Morgan fingerprint density at radius 3 is 2.60 bits per heavy atom. The van der Waals surface area contributed by atoms with Crippen LogP contribution in [0.2, 0.25) is 0 Å². The molecule has 1 atom stereocenters. The normalized spacial score (nSPS) is 15.0. The molecule has 8 heteroatoms. The topological polar surface area (TPSA) is 84.9 Å². The van der Waals surface area contributed by atoms with Crippen molar-refractivity contribution in [1.82, 2.24) is 4.90 Å². The lowest BCUT2D eigenvalue weighted by Crippen LogP contribution is -2.39. The molecule has 7 nitrogen and oxygen atoms in total. The van der Waals surface area contributed by atoms with Crippen molar-refractivity contribution in [2.75, 3.05) is 11.9 Å². The molecular formula is C27H25FN2O5. The Morgan fingerprint density at radius 1 is 1.11 bits per heavy atom. The molecule has 180 valence electrons. The molecule has 35 heavy (non-hydrogen) atoms. The molecule has 0 saturated heterocycles. The fourth-order valence-electron chi connectivity index (χ4n) is 3.88. The molecule has 0 radical (unpaired) electrons. The largest absolute Gasteiger partial charge is 0.481 e. The van der Waals surface area contributed by atoms with E-state index in [0.29, 0.717) is 30.9 Å². The number of halogens is 1. The van der Waals surface area contributed by atoms with Crippen molar-refractivity contribution in [3.63, 3.8) is 0 Å².